The van der Waals surface area contributed by atoms with Gasteiger partial charge < -0.3 is 9.32 Å². The fraction of sp³-hybridized carbons (Fsp3) is 0.211. The number of aromatic nitrogens is 1. The van der Waals surface area contributed by atoms with Crippen LogP contribution in [0.4, 0.5) is 5.13 Å². The van der Waals surface area contributed by atoms with Gasteiger partial charge in [0.25, 0.3) is 5.91 Å². The highest BCUT2D eigenvalue weighted by Crippen LogP contribution is 2.18. The number of carbonyl (C=O) groups excluding carboxylic acids is 2. The van der Waals surface area contributed by atoms with Crippen LogP contribution in [0, 0.1) is 0 Å². The van der Waals surface area contributed by atoms with Crippen molar-refractivity contribution in [3.63, 3.8) is 0 Å². The Morgan fingerprint density at radius 1 is 1.19 bits per heavy atom. The molecule has 0 fully saturated rings. The number of carbonyl (C=O) groups is 2. The van der Waals surface area contributed by atoms with E-state index in [9.17, 15) is 9.59 Å². The van der Waals surface area contributed by atoms with Gasteiger partial charge in [-0.2, -0.15) is 0 Å². The van der Waals surface area contributed by atoms with Gasteiger partial charge in [0, 0.05) is 18.5 Å². The van der Waals surface area contributed by atoms with Crippen LogP contribution in [0.3, 0.4) is 0 Å². The predicted octanol–water partition coefficient (Wildman–Crippen LogP) is 3.58. The molecule has 26 heavy (non-hydrogen) atoms. The van der Waals surface area contributed by atoms with E-state index < -0.39 is 0 Å². The number of likely N-dealkylation sites (N-methyl/N-ethyl adjacent to an activating group) is 1. The Bertz CT molecular complexity index is 859. The van der Waals surface area contributed by atoms with E-state index in [0.29, 0.717) is 23.9 Å². The topological polar surface area (TPSA) is 75.4 Å². The van der Waals surface area contributed by atoms with Crippen molar-refractivity contribution in [3.8, 4) is 0 Å². The van der Waals surface area contributed by atoms with Crippen LogP contribution in [0.1, 0.15) is 28.7 Å². The van der Waals surface area contributed by atoms with Crippen LogP contribution in [0.5, 0.6) is 0 Å². The Balaban J connectivity index is 1.58. The van der Waals surface area contributed by atoms with Crippen molar-refractivity contribution in [2.45, 2.75) is 19.9 Å². The summed E-state index contributed by atoms with van der Waals surface area (Å²) >= 11 is 1.28. The third kappa shape index (κ3) is 4.58. The number of hydrogen-bond donors (Lipinski definition) is 1. The molecule has 0 radical (unpaired) electrons. The van der Waals surface area contributed by atoms with E-state index in [0.717, 1.165) is 5.56 Å². The van der Waals surface area contributed by atoms with E-state index in [-0.39, 0.29) is 24.0 Å². The number of nitrogens with zero attached hydrogens (tertiary/aromatic N) is 2. The quantitative estimate of drug-likeness (QED) is 0.691. The van der Waals surface area contributed by atoms with Gasteiger partial charge in [0.2, 0.25) is 5.91 Å². The molecule has 0 saturated carbocycles. The van der Waals surface area contributed by atoms with Gasteiger partial charge in [0.05, 0.1) is 18.4 Å². The van der Waals surface area contributed by atoms with E-state index in [1.54, 1.807) is 22.4 Å². The smallest absolute Gasteiger partial charge is 0.293 e. The largest absolute Gasteiger partial charge is 0.459 e. The molecule has 0 aliphatic rings. The summed E-state index contributed by atoms with van der Waals surface area (Å²) in [5.41, 5.74) is 1.73. The highest BCUT2D eigenvalue weighted by molar-refractivity contribution is 7.14. The van der Waals surface area contributed by atoms with Gasteiger partial charge >= 0.3 is 0 Å². The van der Waals surface area contributed by atoms with E-state index >= 15 is 0 Å². The second-order valence-electron chi connectivity index (χ2n) is 5.65. The van der Waals surface area contributed by atoms with Crippen molar-refractivity contribution in [2.24, 2.45) is 0 Å². The minimum atomic E-state index is -0.360. The average Bonchev–Trinajstić information content (AvgIpc) is 3.32. The zero-order chi connectivity index (χ0) is 18.4. The normalized spacial score (nSPS) is 10.5. The predicted molar refractivity (Wildman–Crippen MR) is 100 cm³/mol. The third-order valence-corrected chi connectivity index (χ3v) is 4.61. The summed E-state index contributed by atoms with van der Waals surface area (Å²) in [6.07, 6.45) is 1.64. The first kappa shape index (κ1) is 17.9. The van der Waals surface area contributed by atoms with Crippen molar-refractivity contribution in [2.75, 3.05) is 11.9 Å². The molecular formula is C19H19N3O3S. The Hall–Kier alpha value is -2.93. The van der Waals surface area contributed by atoms with E-state index in [1.165, 1.54) is 17.6 Å². The summed E-state index contributed by atoms with van der Waals surface area (Å²) in [5, 5.41) is 4.90. The molecule has 6 nitrogen and oxygen atoms in total. The number of nitrogens with one attached hydrogen (secondary N) is 1. The van der Waals surface area contributed by atoms with Crippen molar-refractivity contribution in [1.82, 2.24) is 9.88 Å². The minimum Gasteiger partial charge on any atom is -0.459 e. The minimum absolute atomic E-state index is 0.00515. The van der Waals surface area contributed by atoms with E-state index in [2.05, 4.69) is 10.3 Å². The van der Waals surface area contributed by atoms with Gasteiger partial charge in [-0.05, 0) is 24.6 Å². The summed E-state index contributed by atoms with van der Waals surface area (Å²) in [4.78, 5) is 30.6. The first-order valence-corrected chi connectivity index (χ1v) is 9.14. The summed E-state index contributed by atoms with van der Waals surface area (Å²) in [7, 11) is 0. The fourth-order valence-electron chi connectivity index (χ4n) is 2.46. The van der Waals surface area contributed by atoms with Crippen LogP contribution >= 0.6 is 11.3 Å². The molecule has 0 saturated heterocycles. The number of thiazole rings is 1. The lowest BCUT2D eigenvalue weighted by Crippen LogP contribution is -2.31. The Morgan fingerprint density at radius 2 is 2.00 bits per heavy atom. The SMILES string of the molecule is CCN(Cc1ccccc1)C(=O)Cc1csc(NC(=O)c2ccco2)n1. The van der Waals surface area contributed by atoms with Gasteiger partial charge in [-0.1, -0.05) is 30.3 Å². The summed E-state index contributed by atoms with van der Waals surface area (Å²) in [6, 6.07) is 13.1. The molecule has 7 heteroatoms. The Morgan fingerprint density at radius 3 is 2.69 bits per heavy atom. The molecule has 0 unspecified atom stereocenters. The molecule has 0 atom stereocenters. The number of anilines is 1. The van der Waals surface area contributed by atoms with Crippen molar-refractivity contribution in [1.29, 1.82) is 0 Å². The maximum Gasteiger partial charge on any atom is 0.293 e. The van der Waals surface area contributed by atoms with Gasteiger partial charge in [-0.25, -0.2) is 4.98 Å². The van der Waals surface area contributed by atoms with Crippen LogP contribution in [0.25, 0.3) is 0 Å². The highest BCUT2D eigenvalue weighted by atomic mass is 32.1. The van der Waals surface area contributed by atoms with Crippen LogP contribution in [0.2, 0.25) is 0 Å². The summed E-state index contributed by atoms with van der Waals surface area (Å²) < 4.78 is 5.05. The molecule has 2 amide bonds. The third-order valence-electron chi connectivity index (χ3n) is 3.80. The number of amides is 2. The monoisotopic (exact) mass is 369 g/mol. The molecule has 134 valence electrons. The van der Waals surface area contributed by atoms with Gasteiger partial charge in [-0.3, -0.25) is 14.9 Å². The molecule has 2 aromatic heterocycles. The molecule has 0 aliphatic heterocycles. The fourth-order valence-corrected chi connectivity index (χ4v) is 3.16. The number of hydrogen-bond acceptors (Lipinski definition) is 5. The van der Waals surface area contributed by atoms with Gasteiger partial charge in [0.15, 0.2) is 10.9 Å². The lowest BCUT2D eigenvalue weighted by Gasteiger charge is -2.20. The summed E-state index contributed by atoms with van der Waals surface area (Å²) in [5.74, 6) is -0.134. The van der Waals surface area contributed by atoms with Crippen LogP contribution < -0.4 is 5.32 Å². The van der Waals surface area contributed by atoms with Gasteiger partial charge in [0.1, 0.15) is 0 Å². The Labute approximate surface area is 155 Å². The van der Waals surface area contributed by atoms with Crippen molar-refractivity contribution >= 4 is 28.3 Å². The second-order valence-corrected chi connectivity index (χ2v) is 6.50. The molecular weight excluding hydrogens is 350 g/mol. The van der Waals surface area contributed by atoms with E-state index in [1.807, 2.05) is 37.3 Å². The molecule has 0 bridgehead atoms. The molecule has 2 heterocycles. The van der Waals surface area contributed by atoms with Crippen molar-refractivity contribution in [3.05, 3.63) is 71.1 Å². The first-order chi connectivity index (χ1) is 12.7. The molecule has 3 aromatic rings. The molecule has 0 aliphatic carbocycles. The standard InChI is InChI=1S/C19H19N3O3S/c1-2-22(12-14-7-4-3-5-8-14)17(23)11-15-13-26-19(20-15)21-18(24)16-9-6-10-25-16/h3-10,13H,2,11-12H2,1H3,(H,20,21,24). The highest BCUT2D eigenvalue weighted by Gasteiger charge is 2.16. The number of benzene rings is 1. The zero-order valence-corrected chi connectivity index (χ0v) is 15.2. The number of furan rings is 1. The van der Waals surface area contributed by atoms with Crippen molar-refractivity contribution < 1.29 is 14.0 Å². The van der Waals surface area contributed by atoms with Crippen LogP contribution in [-0.2, 0) is 17.8 Å². The number of rotatable bonds is 7. The molecule has 3 rings (SSSR count). The van der Waals surface area contributed by atoms with Crippen LogP contribution in [-0.4, -0.2) is 28.2 Å². The molecule has 1 aromatic carbocycles. The lowest BCUT2D eigenvalue weighted by molar-refractivity contribution is -0.130. The van der Waals surface area contributed by atoms with E-state index in [4.69, 9.17) is 4.42 Å². The zero-order valence-electron chi connectivity index (χ0n) is 14.3. The Kier molecular flexibility index (Phi) is 5.80. The molecule has 0 spiro atoms. The van der Waals surface area contributed by atoms with Gasteiger partial charge in [-0.15, -0.1) is 11.3 Å². The maximum atomic E-state index is 12.6. The lowest BCUT2D eigenvalue weighted by atomic mass is 10.2. The first-order valence-electron chi connectivity index (χ1n) is 8.26. The second kappa shape index (κ2) is 8.44. The molecule has 1 N–H and O–H groups in total. The van der Waals surface area contributed by atoms with Crippen LogP contribution in [0.15, 0.2) is 58.5 Å². The average molecular weight is 369 g/mol. The summed E-state index contributed by atoms with van der Waals surface area (Å²) in [6.45, 7) is 3.15. The maximum absolute atomic E-state index is 12.6.